The summed E-state index contributed by atoms with van der Waals surface area (Å²) in [4.78, 5) is 8.56. The van der Waals surface area contributed by atoms with Crippen LogP contribution >= 0.6 is 23.2 Å². The summed E-state index contributed by atoms with van der Waals surface area (Å²) in [5.74, 6) is 0.858. The van der Waals surface area contributed by atoms with Crippen molar-refractivity contribution in [3.05, 3.63) is 76.2 Å². The van der Waals surface area contributed by atoms with Crippen molar-refractivity contribution in [3.8, 4) is 0 Å². The van der Waals surface area contributed by atoms with Gasteiger partial charge in [-0.15, -0.1) is 0 Å². The second kappa shape index (κ2) is 8.14. The highest BCUT2D eigenvalue weighted by Crippen LogP contribution is 2.30. The first-order valence-electron chi connectivity index (χ1n) is 7.64. The molecule has 0 atom stereocenters. The Balaban J connectivity index is 1.61. The molecule has 0 fully saturated rings. The van der Waals surface area contributed by atoms with Crippen molar-refractivity contribution in [1.29, 1.82) is 0 Å². The van der Waals surface area contributed by atoms with Crippen LogP contribution in [0.15, 0.2) is 54.7 Å². The zero-order valence-corrected chi connectivity index (χ0v) is 14.7. The standard InChI is InChI=1S/C18H15Cl2FN4/c19-14-2-1-3-15(17(14)20)24-18-23-11-9-16(25-18)22-10-8-12-4-6-13(21)7-5-12/h1-7,9,11H,8,10H2,(H2,22,23,24,25). The lowest BCUT2D eigenvalue weighted by molar-refractivity contribution is 0.627. The third kappa shape index (κ3) is 4.81. The molecule has 7 heteroatoms. The number of benzene rings is 2. The fourth-order valence-corrected chi connectivity index (χ4v) is 2.57. The third-order valence-corrected chi connectivity index (χ3v) is 4.31. The number of halogens is 3. The van der Waals surface area contributed by atoms with Crippen LogP contribution in [0.4, 0.5) is 21.8 Å². The Labute approximate surface area is 155 Å². The molecular weight excluding hydrogens is 362 g/mol. The number of nitrogens with zero attached hydrogens (tertiary/aromatic N) is 2. The van der Waals surface area contributed by atoms with Gasteiger partial charge in [-0.25, -0.2) is 9.37 Å². The molecular formula is C18H15Cl2FN4. The summed E-state index contributed by atoms with van der Waals surface area (Å²) in [5, 5.41) is 7.14. The Hall–Kier alpha value is -2.37. The summed E-state index contributed by atoms with van der Waals surface area (Å²) in [6.45, 7) is 0.667. The predicted octanol–water partition coefficient (Wildman–Crippen LogP) is 5.32. The molecule has 0 bridgehead atoms. The lowest BCUT2D eigenvalue weighted by Crippen LogP contribution is -2.08. The normalized spacial score (nSPS) is 10.5. The molecule has 0 saturated carbocycles. The largest absolute Gasteiger partial charge is 0.370 e. The number of nitrogens with one attached hydrogen (secondary N) is 2. The van der Waals surface area contributed by atoms with Gasteiger partial charge in [-0.05, 0) is 42.3 Å². The van der Waals surface area contributed by atoms with Gasteiger partial charge < -0.3 is 10.6 Å². The van der Waals surface area contributed by atoms with Crippen LogP contribution < -0.4 is 10.6 Å². The minimum absolute atomic E-state index is 0.233. The number of aromatic nitrogens is 2. The third-order valence-electron chi connectivity index (χ3n) is 3.49. The molecule has 1 aromatic heterocycles. The summed E-state index contributed by atoms with van der Waals surface area (Å²) in [5.41, 5.74) is 1.68. The first-order valence-corrected chi connectivity index (χ1v) is 8.40. The topological polar surface area (TPSA) is 49.8 Å². The van der Waals surface area contributed by atoms with E-state index in [9.17, 15) is 4.39 Å². The molecule has 4 nitrogen and oxygen atoms in total. The van der Waals surface area contributed by atoms with Crippen LogP contribution in [-0.4, -0.2) is 16.5 Å². The van der Waals surface area contributed by atoms with E-state index in [0.29, 0.717) is 34.0 Å². The van der Waals surface area contributed by atoms with E-state index < -0.39 is 0 Å². The van der Waals surface area contributed by atoms with Crippen LogP contribution in [0.25, 0.3) is 0 Å². The van der Waals surface area contributed by atoms with Crippen molar-refractivity contribution in [2.75, 3.05) is 17.2 Å². The van der Waals surface area contributed by atoms with Gasteiger partial charge in [0, 0.05) is 12.7 Å². The molecule has 3 aromatic rings. The Morgan fingerprint density at radius 1 is 1.00 bits per heavy atom. The van der Waals surface area contributed by atoms with Crippen molar-refractivity contribution in [3.63, 3.8) is 0 Å². The maximum Gasteiger partial charge on any atom is 0.229 e. The monoisotopic (exact) mass is 376 g/mol. The van der Waals surface area contributed by atoms with Crippen molar-refractivity contribution < 1.29 is 4.39 Å². The van der Waals surface area contributed by atoms with E-state index in [0.717, 1.165) is 12.0 Å². The Morgan fingerprint density at radius 3 is 2.60 bits per heavy atom. The van der Waals surface area contributed by atoms with E-state index in [-0.39, 0.29) is 5.82 Å². The average Bonchev–Trinajstić information content (AvgIpc) is 2.61. The van der Waals surface area contributed by atoms with Gasteiger partial charge in [0.15, 0.2) is 0 Å². The first-order chi connectivity index (χ1) is 12.1. The van der Waals surface area contributed by atoms with Crippen molar-refractivity contribution in [2.24, 2.45) is 0 Å². The minimum Gasteiger partial charge on any atom is -0.370 e. The van der Waals surface area contributed by atoms with E-state index in [1.165, 1.54) is 12.1 Å². The molecule has 25 heavy (non-hydrogen) atoms. The van der Waals surface area contributed by atoms with Crippen LogP contribution in [0.3, 0.4) is 0 Å². The van der Waals surface area contributed by atoms with Crippen molar-refractivity contribution in [2.45, 2.75) is 6.42 Å². The van der Waals surface area contributed by atoms with Gasteiger partial charge in [0.05, 0.1) is 15.7 Å². The molecule has 3 rings (SSSR count). The van der Waals surface area contributed by atoms with E-state index in [1.807, 2.05) is 0 Å². The fourth-order valence-electron chi connectivity index (χ4n) is 2.22. The summed E-state index contributed by atoms with van der Waals surface area (Å²) in [6.07, 6.45) is 2.40. The summed E-state index contributed by atoms with van der Waals surface area (Å²) >= 11 is 12.2. The molecule has 0 aliphatic rings. The Morgan fingerprint density at radius 2 is 1.80 bits per heavy atom. The SMILES string of the molecule is Fc1ccc(CCNc2ccnc(Nc3cccc(Cl)c3Cl)n2)cc1. The number of hydrogen-bond acceptors (Lipinski definition) is 4. The molecule has 0 aliphatic carbocycles. The molecule has 0 radical (unpaired) electrons. The zero-order chi connectivity index (χ0) is 17.6. The molecule has 0 amide bonds. The highest BCUT2D eigenvalue weighted by Gasteiger charge is 2.06. The lowest BCUT2D eigenvalue weighted by Gasteiger charge is -2.10. The number of hydrogen-bond donors (Lipinski definition) is 2. The van der Waals surface area contributed by atoms with Crippen molar-refractivity contribution >= 4 is 40.7 Å². The molecule has 128 valence electrons. The van der Waals surface area contributed by atoms with E-state index >= 15 is 0 Å². The second-order valence-corrected chi connectivity index (χ2v) is 6.08. The van der Waals surface area contributed by atoms with E-state index in [4.69, 9.17) is 23.2 Å². The smallest absolute Gasteiger partial charge is 0.229 e. The van der Waals surface area contributed by atoms with Crippen molar-refractivity contribution in [1.82, 2.24) is 9.97 Å². The molecule has 0 aliphatic heterocycles. The van der Waals surface area contributed by atoms with Gasteiger partial charge in [-0.2, -0.15) is 4.98 Å². The second-order valence-electron chi connectivity index (χ2n) is 5.30. The van der Waals surface area contributed by atoms with Crippen LogP contribution in [0.5, 0.6) is 0 Å². The van der Waals surface area contributed by atoms with Crippen LogP contribution in [0.1, 0.15) is 5.56 Å². The van der Waals surface area contributed by atoms with Gasteiger partial charge in [0.1, 0.15) is 11.6 Å². The summed E-state index contributed by atoms with van der Waals surface area (Å²) < 4.78 is 12.9. The number of anilines is 3. The summed E-state index contributed by atoms with van der Waals surface area (Å²) in [7, 11) is 0. The van der Waals surface area contributed by atoms with Crippen LogP contribution in [0.2, 0.25) is 10.0 Å². The molecule has 1 heterocycles. The molecule has 2 aromatic carbocycles. The summed E-state index contributed by atoms with van der Waals surface area (Å²) in [6, 6.07) is 13.5. The van der Waals surface area contributed by atoms with Gasteiger partial charge >= 0.3 is 0 Å². The van der Waals surface area contributed by atoms with E-state index in [1.54, 1.807) is 42.6 Å². The average molecular weight is 377 g/mol. The highest BCUT2D eigenvalue weighted by molar-refractivity contribution is 6.43. The highest BCUT2D eigenvalue weighted by atomic mass is 35.5. The molecule has 2 N–H and O–H groups in total. The van der Waals surface area contributed by atoms with Gasteiger partial charge in [-0.3, -0.25) is 0 Å². The fraction of sp³-hybridized carbons (Fsp3) is 0.111. The molecule has 0 unspecified atom stereocenters. The van der Waals surface area contributed by atoms with E-state index in [2.05, 4.69) is 20.6 Å². The molecule has 0 saturated heterocycles. The maximum atomic E-state index is 12.9. The van der Waals surface area contributed by atoms with Crippen LogP contribution in [0, 0.1) is 5.82 Å². The Kier molecular flexibility index (Phi) is 5.68. The number of rotatable bonds is 6. The van der Waals surface area contributed by atoms with Gasteiger partial charge in [0.2, 0.25) is 5.95 Å². The molecule has 0 spiro atoms. The quantitative estimate of drug-likeness (QED) is 0.610. The van der Waals surface area contributed by atoms with Gasteiger partial charge in [-0.1, -0.05) is 41.4 Å². The minimum atomic E-state index is -0.233. The Bertz CT molecular complexity index is 856. The predicted molar refractivity (Wildman–Crippen MR) is 100 cm³/mol. The first kappa shape index (κ1) is 17.5. The lowest BCUT2D eigenvalue weighted by atomic mass is 10.1. The maximum absolute atomic E-state index is 12.9. The zero-order valence-electron chi connectivity index (χ0n) is 13.1. The van der Waals surface area contributed by atoms with Crippen LogP contribution in [-0.2, 0) is 6.42 Å². The van der Waals surface area contributed by atoms with Gasteiger partial charge in [0.25, 0.3) is 0 Å².